The molecule has 10 heteroatoms. The molecule has 0 bridgehead atoms. The van der Waals surface area contributed by atoms with E-state index >= 15 is 0 Å². The minimum atomic E-state index is -0.493. The number of benzene rings is 1. The summed E-state index contributed by atoms with van der Waals surface area (Å²) in [6.07, 6.45) is 1.44. The molecule has 6 nitrogen and oxygen atoms in total. The number of carbonyl (C=O) groups is 1. The minimum absolute atomic E-state index is 0.00628. The first-order valence-corrected chi connectivity index (χ1v) is 12.2. The van der Waals surface area contributed by atoms with Crippen molar-refractivity contribution in [1.82, 2.24) is 15.2 Å². The lowest BCUT2D eigenvalue weighted by atomic mass is 9.87. The maximum Gasteiger partial charge on any atom is 0.238 e. The van der Waals surface area contributed by atoms with E-state index in [1.54, 1.807) is 20.7 Å². The van der Waals surface area contributed by atoms with Gasteiger partial charge in [0.25, 0.3) is 0 Å². The molecule has 1 aliphatic heterocycles. The summed E-state index contributed by atoms with van der Waals surface area (Å²) in [5.74, 6) is 1.04. The average Bonchev–Trinajstić information content (AvgIpc) is 3.31. The van der Waals surface area contributed by atoms with Gasteiger partial charge < -0.3 is 9.64 Å². The first kappa shape index (κ1) is 19.6. The highest BCUT2D eigenvalue weighted by Crippen LogP contribution is 2.53. The highest BCUT2D eigenvalue weighted by atomic mass is 32.9. The Kier molecular flexibility index (Phi) is 5.30. The molecule has 0 saturated carbocycles. The van der Waals surface area contributed by atoms with Gasteiger partial charge in [0.1, 0.15) is 15.9 Å². The van der Waals surface area contributed by atoms with E-state index < -0.39 is 5.54 Å². The summed E-state index contributed by atoms with van der Waals surface area (Å²) in [6, 6.07) is 5.86. The molecule has 3 aromatic rings. The highest BCUT2D eigenvalue weighted by Gasteiger charge is 2.43. The van der Waals surface area contributed by atoms with Gasteiger partial charge in [0.2, 0.25) is 5.91 Å². The van der Waals surface area contributed by atoms with E-state index in [4.69, 9.17) is 17.0 Å². The third kappa shape index (κ3) is 3.28. The second-order valence-corrected chi connectivity index (χ2v) is 10.4. The zero-order valence-electron chi connectivity index (χ0n) is 15.5. The number of fused-ring (bicyclic) bond motifs is 3. The van der Waals surface area contributed by atoms with Gasteiger partial charge >= 0.3 is 0 Å². The Morgan fingerprint density at radius 3 is 2.93 bits per heavy atom. The number of anilines is 1. The van der Waals surface area contributed by atoms with Crippen molar-refractivity contribution in [3.63, 3.8) is 0 Å². The van der Waals surface area contributed by atoms with Gasteiger partial charge in [-0.1, -0.05) is 44.7 Å². The Morgan fingerprint density at radius 2 is 2.21 bits per heavy atom. The fourth-order valence-corrected chi connectivity index (χ4v) is 7.28. The van der Waals surface area contributed by atoms with E-state index in [-0.39, 0.29) is 11.7 Å². The number of nitrogens with one attached hydrogen (secondary N) is 1. The largest absolute Gasteiger partial charge is 0.494 e. The molecule has 0 radical (unpaired) electrons. The second kappa shape index (κ2) is 7.58. The Balaban J connectivity index is 1.78. The van der Waals surface area contributed by atoms with Gasteiger partial charge in [-0.05, 0) is 39.0 Å². The summed E-state index contributed by atoms with van der Waals surface area (Å²) in [5, 5.41) is 7.24. The molecule has 0 atom stereocenters. The fourth-order valence-electron chi connectivity index (χ4n) is 3.37. The summed E-state index contributed by atoms with van der Waals surface area (Å²) in [5.41, 5.74) is 2.38. The molecule has 4 rings (SSSR count). The van der Waals surface area contributed by atoms with Crippen LogP contribution < -0.4 is 9.64 Å². The van der Waals surface area contributed by atoms with Gasteiger partial charge in [-0.15, -0.1) is 0 Å². The number of aromatic amines is 1. The topological polar surface area (TPSA) is 71.1 Å². The molecule has 0 unspecified atom stereocenters. The third-order valence-electron chi connectivity index (χ3n) is 4.51. The number of hydrogen-bond acceptors (Lipinski definition) is 8. The first-order chi connectivity index (χ1) is 13.4. The zero-order chi connectivity index (χ0) is 19.9. The Bertz CT molecular complexity index is 1070. The van der Waals surface area contributed by atoms with Crippen molar-refractivity contribution in [3.05, 3.63) is 33.2 Å². The lowest BCUT2D eigenvalue weighted by molar-refractivity contribution is -0.117. The molecule has 0 fully saturated rings. The van der Waals surface area contributed by atoms with Crippen LogP contribution in [-0.4, -0.2) is 33.4 Å². The highest BCUT2D eigenvalue weighted by molar-refractivity contribution is 7.99. The second-order valence-electron chi connectivity index (χ2n) is 6.64. The van der Waals surface area contributed by atoms with E-state index in [9.17, 15) is 4.79 Å². The average molecular weight is 451 g/mol. The lowest BCUT2D eigenvalue weighted by Crippen LogP contribution is -2.48. The van der Waals surface area contributed by atoms with Crippen LogP contribution in [0.15, 0.2) is 29.7 Å². The summed E-state index contributed by atoms with van der Waals surface area (Å²) in [6.45, 7) is 6.68. The Hall–Kier alpha value is -1.75. The van der Waals surface area contributed by atoms with Crippen molar-refractivity contribution in [2.24, 2.45) is 0 Å². The third-order valence-corrected chi connectivity index (χ3v) is 8.70. The summed E-state index contributed by atoms with van der Waals surface area (Å²) < 4.78 is 6.55. The van der Waals surface area contributed by atoms with E-state index in [1.165, 1.54) is 18.1 Å². The van der Waals surface area contributed by atoms with Gasteiger partial charge in [-0.25, -0.2) is 4.98 Å². The van der Waals surface area contributed by atoms with Gasteiger partial charge in [0.05, 0.1) is 28.5 Å². The van der Waals surface area contributed by atoms with Gasteiger partial charge in [-0.3, -0.25) is 9.89 Å². The number of nitrogens with zero attached hydrogens (tertiary/aromatic N) is 3. The van der Waals surface area contributed by atoms with Gasteiger partial charge in [-0.2, -0.15) is 5.10 Å². The lowest BCUT2D eigenvalue weighted by Gasteiger charge is -2.43. The molecule has 1 N–H and O–H groups in total. The smallest absolute Gasteiger partial charge is 0.238 e. The van der Waals surface area contributed by atoms with Gasteiger partial charge in [0, 0.05) is 11.1 Å². The fraction of sp³-hybridized carbons (Fsp3) is 0.333. The van der Waals surface area contributed by atoms with Crippen LogP contribution in [0, 0.1) is 3.82 Å². The molecule has 0 spiro atoms. The van der Waals surface area contributed by atoms with Crippen LogP contribution in [0.4, 0.5) is 5.69 Å². The number of hydrogen-bond donors (Lipinski definition) is 1. The van der Waals surface area contributed by atoms with Crippen LogP contribution in [0.2, 0.25) is 0 Å². The monoisotopic (exact) mass is 450 g/mol. The molecule has 28 heavy (non-hydrogen) atoms. The maximum atomic E-state index is 13.3. The standard InChI is InChI=1S/C18H18N4O2S4/c1-4-24-10-5-6-12-11(7-10)14-15(27-28-16(14)25)18(2,3)22(12)13(23)8-26-17-19-9-20-21-17/h5-7,9H,4,8H2,1-3H3,(H,19,20,21). The maximum absolute atomic E-state index is 13.3. The molecule has 1 aliphatic rings. The zero-order valence-corrected chi connectivity index (χ0v) is 18.8. The van der Waals surface area contributed by atoms with Crippen LogP contribution in [0.25, 0.3) is 11.1 Å². The minimum Gasteiger partial charge on any atom is -0.494 e. The first-order valence-electron chi connectivity index (χ1n) is 8.65. The Morgan fingerprint density at radius 1 is 1.39 bits per heavy atom. The molecule has 146 valence electrons. The number of rotatable bonds is 5. The Labute approximate surface area is 179 Å². The quantitative estimate of drug-likeness (QED) is 0.331. The number of amides is 1. The normalized spacial score (nSPS) is 14.5. The number of aromatic nitrogens is 3. The van der Waals surface area contributed by atoms with Crippen molar-refractivity contribution in [1.29, 1.82) is 0 Å². The molecule has 1 amide bonds. The number of ether oxygens (including phenoxy) is 1. The molecular weight excluding hydrogens is 432 g/mol. The molecule has 2 aromatic heterocycles. The van der Waals surface area contributed by atoms with Crippen LogP contribution >= 0.6 is 44.7 Å². The number of H-pyrrole nitrogens is 1. The number of thioether (sulfide) groups is 1. The SMILES string of the molecule is CCOc1ccc2c(c1)-c1c(ssc1=S)C(C)(C)N2C(=O)CSc1ncn[nH]1. The van der Waals surface area contributed by atoms with Crippen molar-refractivity contribution >= 4 is 56.3 Å². The van der Waals surface area contributed by atoms with Crippen molar-refractivity contribution in [3.8, 4) is 16.9 Å². The van der Waals surface area contributed by atoms with Crippen molar-refractivity contribution in [2.45, 2.75) is 31.5 Å². The van der Waals surface area contributed by atoms with Gasteiger partial charge in [0.15, 0.2) is 5.16 Å². The van der Waals surface area contributed by atoms with E-state index in [1.807, 2.05) is 30.0 Å². The summed E-state index contributed by atoms with van der Waals surface area (Å²) in [7, 11) is 3.23. The van der Waals surface area contributed by atoms with Crippen molar-refractivity contribution in [2.75, 3.05) is 17.3 Å². The summed E-state index contributed by atoms with van der Waals surface area (Å²) in [4.78, 5) is 20.4. The van der Waals surface area contributed by atoms with Crippen LogP contribution in [0.1, 0.15) is 25.6 Å². The molecule has 0 saturated heterocycles. The predicted octanol–water partition coefficient (Wildman–Crippen LogP) is 5.10. The molecular formula is C18H18N4O2S4. The van der Waals surface area contributed by atoms with E-state index in [2.05, 4.69) is 29.0 Å². The van der Waals surface area contributed by atoms with E-state index in [0.29, 0.717) is 11.8 Å². The van der Waals surface area contributed by atoms with Crippen LogP contribution in [-0.2, 0) is 10.3 Å². The molecule has 3 heterocycles. The van der Waals surface area contributed by atoms with Crippen molar-refractivity contribution < 1.29 is 9.53 Å². The number of carbonyl (C=O) groups excluding carboxylic acids is 1. The summed E-state index contributed by atoms with van der Waals surface area (Å²) >= 11 is 6.97. The van der Waals surface area contributed by atoms with E-state index in [0.717, 1.165) is 31.3 Å². The molecule has 0 aliphatic carbocycles. The van der Waals surface area contributed by atoms with Crippen LogP contribution in [0.5, 0.6) is 5.75 Å². The van der Waals surface area contributed by atoms with Crippen LogP contribution in [0.3, 0.4) is 0 Å². The predicted molar refractivity (Wildman–Crippen MR) is 117 cm³/mol. The molecule has 1 aromatic carbocycles.